The Kier molecular flexibility index (Phi) is 5.40. The number of benzene rings is 3. The van der Waals surface area contributed by atoms with E-state index in [0.717, 1.165) is 34.4 Å². The van der Waals surface area contributed by atoms with Crippen molar-refractivity contribution >= 4 is 27.1 Å². The third-order valence-electron chi connectivity index (χ3n) is 6.73. The van der Waals surface area contributed by atoms with E-state index < -0.39 is 14.9 Å². The first-order valence-corrected chi connectivity index (χ1v) is 12.6. The number of nitro benzene ring substituents is 1. The molecule has 34 heavy (non-hydrogen) atoms. The van der Waals surface area contributed by atoms with Gasteiger partial charge in [0, 0.05) is 23.7 Å². The average Bonchev–Trinajstić information content (AvgIpc) is 3.30. The molecule has 0 spiro atoms. The minimum absolute atomic E-state index is 0.0240. The fourth-order valence-corrected chi connectivity index (χ4v) is 6.17. The van der Waals surface area contributed by atoms with Crippen LogP contribution in [0, 0.1) is 29.9 Å². The number of allylic oxidation sites excluding steroid dienone is 2. The molecule has 3 atom stereocenters. The topological polar surface area (TPSA) is 101 Å². The Morgan fingerprint density at radius 2 is 1.79 bits per heavy atom. The predicted octanol–water partition coefficient (Wildman–Crippen LogP) is 5.84. The first-order valence-electron chi connectivity index (χ1n) is 11.1. The molecule has 0 saturated carbocycles. The highest BCUT2D eigenvalue weighted by molar-refractivity contribution is 7.92. The van der Waals surface area contributed by atoms with E-state index in [4.69, 9.17) is 0 Å². The lowest BCUT2D eigenvalue weighted by Gasteiger charge is -2.37. The van der Waals surface area contributed by atoms with Gasteiger partial charge in [0.2, 0.25) is 0 Å². The van der Waals surface area contributed by atoms with Crippen LogP contribution in [0.2, 0.25) is 0 Å². The minimum atomic E-state index is -3.76. The maximum atomic E-state index is 13.2. The van der Waals surface area contributed by atoms with Gasteiger partial charge in [0.05, 0.1) is 21.5 Å². The van der Waals surface area contributed by atoms with Gasteiger partial charge in [-0.3, -0.25) is 14.8 Å². The highest BCUT2D eigenvalue weighted by Crippen LogP contribution is 2.50. The molecule has 8 heteroatoms. The number of hydrogen-bond donors (Lipinski definition) is 2. The second-order valence-electron chi connectivity index (χ2n) is 9.00. The number of non-ortho nitro benzene ring substituents is 1. The van der Waals surface area contributed by atoms with Crippen LogP contribution in [0.25, 0.3) is 0 Å². The van der Waals surface area contributed by atoms with Gasteiger partial charge in [-0.1, -0.05) is 42.0 Å². The Morgan fingerprint density at radius 1 is 1.03 bits per heavy atom. The number of nitrogens with zero attached hydrogens (tertiary/aromatic N) is 1. The summed E-state index contributed by atoms with van der Waals surface area (Å²) >= 11 is 0. The van der Waals surface area contributed by atoms with E-state index in [1.165, 1.54) is 12.1 Å². The fourth-order valence-electron chi connectivity index (χ4n) is 5.00. The Hall–Kier alpha value is -3.65. The smallest absolute Gasteiger partial charge is 0.269 e. The van der Waals surface area contributed by atoms with Crippen LogP contribution in [0.3, 0.4) is 0 Å². The van der Waals surface area contributed by atoms with Crippen LogP contribution < -0.4 is 10.0 Å². The molecule has 1 heterocycles. The zero-order valence-corrected chi connectivity index (χ0v) is 19.7. The largest absolute Gasteiger partial charge is 0.378 e. The summed E-state index contributed by atoms with van der Waals surface area (Å²) in [5.74, 6) is 0.256. The van der Waals surface area contributed by atoms with Crippen molar-refractivity contribution in [2.45, 2.75) is 37.1 Å². The van der Waals surface area contributed by atoms with Crippen LogP contribution >= 0.6 is 0 Å². The van der Waals surface area contributed by atoms with Gasteiger partial charge in [0.1, 0.15) is 0 Å². The molecule has 1 aliphatic heterocycles. The lowest BCUT2D eigenvalue weighted by atomic mass is 9.77. The molecule has 0 saturated heterocycles. The van der Waals surface area contributed by atoms with Crippen molar-refractivity contribution in [1.82, 2.24) is 0 Å². The summed E-state index contributed by atoms with van der Waals surface area (Å²) in [4.78, 5) is 10.8. The van der Waals surface area contributed by atoms with Crippen LogP contribution in [0.4, 0.5) is 17.1 Å². The Labute approximate surface area is 198 Å². The van der Waals surface area contributed by atoms with Gasteiger partial charge < -0.3 is 5.32 Å². The highest BCUT2D eigenvalue weighted by Gasteiger charge is 2.38. The first-order chi connectivity index (χ1) is 16.2. The summed E-state index contributed by atoms with van der Waals surface area (Å²) in [6, 6.07) is 17.4. The number of hydrogen-bond acceptors (Lipinski definition) is 5. The second-order valence-corrected chi connectivity index (χ2v) is 10.7. The first kappa shape index (κ1) is 22.2. The van der Waals surface area contributed by atoms with E-state index in [0.29, 0.717) is 5.69 Å². The molecule has 0 fully saturated rings. The molecule has 0 aromatic heterocycles. The van der Waals surface area contributed by atoms with Crippen molar-refractivity contribution in [2.75, 3.05) is 10.0 Å². The zero-order valence-electron chi connectivity index (χ0n) is 18.9. The van der Waals surface area contributed by atoms with E-state index in [-0.39, 0.29) is 28.5 Å². The molecule has 174 valence electrons. The Morgan fingerprint density at radius 3 is 2.50 bits per heavy atom. The molecule has 5 rings (SSSR count). The molecular formula is C26H25N3O4S. The number of nitro groups is 1. The summed E-state index contributed by atoms with van der Waals surface area (Å²) < 4.78 is 29.1. The number of anilines is 2. The number of nitrogens with one attached hydrogen (secondary N) is 2. The quantitative estimate of drug-likeness (QED) is 0.274. The molecule has 2 aliphatic rings. The van der Waals surface area contributed by atoms with Gasteiger partial charge >= 0.3 is 0 Å². The molecule has 1 aliphatic carbocycles. The van der Waals surface area contributed by atoms with Crippen molar-refractivity contribution in [3.8, 4) is 0 Å². The van der Waals surface area contributed by atoms with Crippen LogP contribution in [-0.2, 0) is 10.0 Å². The SMILES string of the molecule is Cc1ccc(NS(=O)(=O)c2ccc3c(c2)[C@H]2C=CC[C@H]2[C@@H](c2ccc([N+](=O)[O-])cc2)N3)c(C)c1. The third kappa shape index (κ3) is 3.94. The maximum absolute atomic E-state index is 13.2. The van der Waals surface area contributed by atoms with Crippen molar-refractivity contribution < 1.29 is 13.3 Å². The van der Waals surface area contributed by atoms with Gasteiger partial charge in [-0.2, -0.15) is 0 Å². The molecule has 7 nitrogen and oxygen atoms in total. The molecule has 0 bridgehead atoms. The Bertz CT molecular complexity index is 1410. The third-order valence-corrected chi connectivity index (χ3v) is 8.10. The molecule has 2 N–H and O–H groups in total. The van der Waals surface area contributed by atoms with Gasteiger partial charge in [0.15, 0.2) is 0 Å². The summed E-state index contributed by atoms with van der Waals surface area (Å²) in [5.41, 5.74) is 5.37. The average molecular weight is 476 g/mol. The van der Waals surface area contributed by atoms with E-state index in [9.17, 15) is 18.5 Å². The van der Waals surface area contributed by atoms with Crippen LogP contribution in [-0.4, -0.2) is 13.3 Å². The molecular weight excluding hydrogens is 450 g/mol. The van der Waals surface area contributed by atoms with E-state index in [2.05, 4.69) is 22.2 Å². The molecule has 3 aromatic rings. The lowest BCUT2D eigenvalue weighted by molar-refractivity contribution is -0.384. The molecule has 0 amide bonds. The van der Waals surface area contributed by atoms with Crippen molar-refractivity contribution in [1.29, 1.82) is 0 Å². The summed E-state index contributed by atoms with van der Waals surface area (Å²) in [5, 5.41) is 14.6. The molecule has 3 aromatic carbocycles. The van der Waals surface area contributed by atoms with Gasteiger partial charge in [0.25, 0.3) is 15.7 Å². The Balaban J connectivity index is 1.47. The van der Waals surface area contributed by atoms with Crippen LogP contribution in [0.15, 0.2) is 77.7 Å². The van der Waals surface area contributed by atoms with Gasteiger partial charge in [-0.15, -0.1) is 0 Å². The standard InChI is InChI=1S/C26H25N3O4S/c1-16-6-12-24(17(2)14-16)28-34(32,33)20-11-13-25-23(15-20)21-4-3-5-22(21)26(27-25)18-7-9-19(10-8-18)29(30)31/h3-4,6-15,21-22,26-28H,5H2,1-2H3/t21-,22+,26+/m0/s1. The van der Waals surface area contributed by atoms with Crippen molar-refractivity contribution in [2.24, 2.45) is 5.92 Å². The normalized spacial score (nSPS) is 20.8. The van der Waals surface area contributed by atoms with E-state index in [1.54, 1.807) is 30.3 Å². The maximum Gasteiger partial charge on any atom is 0.269 e. The number of rotatable bonds is 5. The number of sulfonamides is 1. The highest BCUT2D eigenvalue weighted by atomic mass is 32.2. The van der Waals surface area contributed by atoms with Crippen LogP contribution in [0.5, 0.6) is 0 Å². The molecule has 0 unspecified atom stereocenters. The summed E-state index contributed by atoms with van der Waals surface area (Å²) in [6.45, 7) is 3.85. The van der Waals surface area contributed by atoms with Crippen molar-refractivity contribution in [3.05, 3.63) is 105 Å². The fraction of sp³-hybridized carbons (Fsp3) is 0.231. The number of aryl methyl sites for hydroxylation is 2. The summed E-state index contributed by atoms with van der Waals surface area (Å²) in [7, 11) is -3.76. The summed E-state index contributed by atoms with van der Waals surface area (Å²) in [6.07, 6.45) is 5.10. The van der Waals surface area contributed by atoms with Gasteiger partial charge in [-0.05, 0) is 67.1 Å². The minimum Gasteiger partial charge on any atom is -0.378 e. The number of fused-ring (bicyclic) bond motifs is 3. The second kappa shape index (κ2) is 8.29. The van der Waals surface area contributed by atoms with Crippen LogP contribution in [0.1, 0.15) is 40.6 Å². The monoisotopic (exact) mass is 475 g/mol. The molecule has 0 radical (unpaired) electrons. The van der Waals surface area contributed by atoms with E-state index in [1.807, 2.05) is 32.0 Å². The van der Waals surface area contributed by atoms with Gasteiger partial charge in [-0.25, -0.2) is 8.42 Å². The zero-order chi connectivity index (χ0) is 24.0. The predicted molar refractivity (Wildman–Crippen MR) is 133 cm³/mol. The van der Waals surface area contributed by atoms with Crippen molar-refractivity contribution in [3.63, 3.8) is 0 Å². The van der Waals surface area contributed by atoms with E-state index >= 15 is 0 Å². The lowest BCUT2D eigenvalue weighted by Crippen LogP contribution is -2.29.